The largest absolute Gasteiger partial charge is 0.863 e. The lowest BCUT2D eigenvalue weighted by molar-refractivity contribution is -0.420. The van der Waals surface area contributed by atoms with Crippen LogP contribution >= 0.6 is 0 Å². The zero-order valence-electron chi connectivity index (χ0n) is 16.2. The minimum absolute atomic E-state index is 0.0537. The lowest BCUT2D eigenvalue weighted by atomic mass is 10.1. The molecular weight excluding hydrogens is 456 g/mol. The lowest BCUT2D eigenvalue weighted by Gasteiger charge is -2.16. The average molecular weight is 471 g/mol. The molecule has 0 saturated carbocycles. The number of hydrogen-bond donors (Lipinski definition) is 4. The maximum atomic E-state index is 11.5. The van der Waals surface area contributed by atoms with Gasteiger partial charge in [0.2, 0.25) is 0 Å². The number of benzene rings is 1. The Bertz CT molecular complexity index is 1100. The number of ether oxygens (including phenoxy) is 1. The van der Waals surface area contributed by atoms with Gasteiger partial charge in [0.15, 0.2) is 6.23 Å². The summed E-state index contributed by atoms with van der Waals surface area (Å²) in [5.74, 6) is -1.40. The van der Waals surface area contributed by atoms with E-state index >= 15 is 0 Å². The van der Waals surface area contributed by atoms with E-state index in [9.17, 15) is 50.5 Å². The van der Waals surface area contributed by atoms with Crippen LogP contribution in [0.5, 0.6) is 5.75 Å². The number of aliphatic hydroxyl groups excluding tert-OH is 3. The summed E-state index contributed by atoms with van der Waals surface area (Å²) in [4.78, 5) is 42.5. The Morgan fingerprint density at radius 2 is 1.61 bits per heavy atom. The van der Waals surface area contributed by atoms with Crippen molar-refractivity contribution in [1.29, 1.82) is 0 Å². The van der Waals surface area contributed by atoms with Crippen LogP contribution in [-0.2, 0) is 4.74 Å². The molecule has 0 aliphatic carbocycles. The van der Waals surface area contributed by atoms with E-state index in [1.807, 2.05) is 0 Å². The van der Waals surface area contributed by atoms with E-state index in [2.05, 4.69) is 4.98 Å². The highest BCUT2D eigenvalue weighted by Gasteiger charge is 2.43. The molecular formula is C15H15N6O12-. The van der Waals surface area contributed by atoms with Gasteiger partial charge in [-0.2, -0.15) is 4.98 Å². The van der Waals surface area contributed by atoms with Crippen LogP contribution in [0, 0.1) is 30.3 Å². The zero-order chi connectivity index (χ0) is 25.0. The van der Waals surface area contributed by atoms with Gasteiger partial charge in [-0.05, 0) is 6.07 Å². The van der Waals surface area contributed by atoms with Crippen LogP contribution in [0.4, 0.5) is 22.9 Å². The summed E-state index contributed by atoms with van der Waals surface area (Å²) in [7, 11) is 0. The van der Waals surface area contributed by atoms with Crippen LogP contribution in [0.3, 0.4) is 0 Å². The molecule has 1 aromatic heterocycles. The Balaban J connectivity index is 0.000000234. The summed E-state index contributed by atoms with van der Waals surface area (Å²) in [5.41, 5.74) is 1.37. The number of aliphatic hydroxyl groups is 3. The maximum Gasteiger partial charge on any atom is 0.351 e. The zero-order valence-corrected chi connectivity index (χ0v) is 16.2. The van der Waals surface area contributed by atoms with Crippen molar-refractivity contribution >= 4 is 22.9 Å². The van der Waals surface area contributed by atoms with Gasteiger partial charge in [-0.3, -0.25) is 34.9 Å². The number of nitro benzene ring substituents is 3. The molecule has 5 N–H and O–H groups in total. The van der Waals surface area contributed by atoms with Gasteiger partial charge in [-0.1, -0.05) is 0 Å². The van der Waals surface area contributed by atoms with E-state index in [0.717, 1.165) is 4.57 Å². The molecule has 1 aromatic carbocycles. The molecule has 1 fully saturated rings. The number of rotatable bonds is 5. The molecule has 2 aromatic rings. The number of anilines is 1. The van der Waals surface area contributed by atoms with Gasteiger partial charge in [0.1, 0.15) is 24.1 Å². The van der Waals surface area contributed by atoms with Crippen LogP contribution in [-0.4, -0.2) is 64.6 Å². The van der Waals surface area contributed by atoms with Gasteiger partial charge >= 0.3 is 5.69 Å². The van der Waals surface area contributed by atoms with Crippen molar-refractivity contribution in [2.45, 2.75) is 24.5 Å². The molecule has 0 spiro atoms. The maximum absolute atomic E-state index is 11.5. The predicted molar refractivity (Wildman–Crippen MR) is 102 cm³/mol. The summed E-state index contributed by atoms with van der Waals surface area (Å²) >= 11 is 0. The van der Waals surface area contributed by atoms with E-state index in [1.54, 1.807) is 0 Å². The molecule has 1 aliphatic heterocycles. The number of non-ortho nitro benzene ring substituents is 1. The first-order chi connectivity index (χ1) is 15.4. The second kappa shape index (κ2) is 9.91. The average Bonchev–Trinajstić information content (AvgIpc) is 3.02. The van der Waals surface area contributed by atoms with Crippen LogP contribution < -0.4 is 16.5 Å². The van der Waals surface area contributed by atoms with E-state index < -0.39 is 74.4 Å². The first-order valence-electron chi connectivity index (χ1n) is 8.64. The molecule has 0 unspecified atom stereocenters. The van der Waals surface area contributed by atoms with Gasteiger partial charge in [-0.15, -0.1) is 0 Å². The smallest absolute Gasteiger partial charge is 0.351 e. The first kappa shape index (κ1) is 25.0. The number of aromatic nitrogens is 2. The second-order valence-corrected chi connectivity index (χ2v) is 6.36. The summed E-state index contributed by atoms with van der Waals surface area (Å²) in [6.45, 7) is -0.453. The van der Waals surface area contributed by atoms with Crippen LogP contribution in [0.1, 0.15) is 6.23 Å². The number of nitrogen functional groups attached to an aromatic ring is 1. The molecule has 4 atom stereocenters. The molecule has 1 saturated heterocycles. The van der Waals surface area contributed by atoms with Crippen molar-refractivity contribution < 1.29 is 39.9 Å². The summed E-state index contributed by atoms with van der Waals surface area (Å²) in [5, 5.41) is 70.3. The SMILES string of the molecule is Nc1ccn([C@@H]2O[C@H](CO)[C@@H](O)[C@H]2O)c(=O)n1.O=[N+]([O-])c1cc([N+](=O)[O-])c([O-])c([N+](=O)[O-])c1. The molecule has 3 rings (SSSR count). The van der Waals surface area contributed by atoms with Crippen molar-refractivity contribution in [2.24, 2.45) is 0 Å². The monoisotopic (exact) mass is 471 g/mol. The summed E-state index contributed by atoms with van der Waals surface area (Å²) in [6.07, 6.45) is -3.27. The standard InChI is InChI=1S/C9H13N3O5.C6H3N3O7/c10-5-1-2-12(9(16)11-5)8-7(15)6(14)4(3-13)17-8;10-6-4(8(13)14)1-3(7(11)12)2-5(6)9(15)16/h1-2,4,6-8,13-15H,3H2,(H2,10,11,16);1-2,10H/p-1/t4-,6-,7-,8-;/m1./s1. The molecule has 178 valence electrons. The summed E-state index contributed by atoms with van der Waals surface area (Å²) < 4.78 is 6.19. The third-order valence-electron chi connectivity index (χ3n) is 4.28. The minimum atomic E-state index is -1.46. The van der Waals surface area contributed by atoms with E-state index in [-0.39, 0.29) is 5.82 Å². The molecule has 33 heavy (non-hydrogen) atoms. The second-order valence-electron chi connectivity index (χ2n) is 6.36. The van der Waals surface area contributed by atoms with Gasteiger partial charge in [0.25, 0.3) is 17.1 Å². The van der Waals surface area contributed by atoms with Crippen LogP contribution in [0.15, 0.2) is 29.2 Å². The van der Waals surface area contributed by atoms with E-state index in [0.29, 0.717) is 12.1 Å². The first-order valence-corrected chi connectivity index (χ1v) is 8.64. The number of nitro groups is 3. The third-order valence-corrected chi connectivity index (χ3v) is 4.28. The molecule has 2 heterocycles. The fourth-order valence-corrected chi connectivity index (χ4v) is 2.69. The van der Waals surface area contributed by atoms with Crippen molar-refractivity contribution in [2.75, 3.05) is 12.3 Å². The highest BCUT2D eigenvalue weighted by Crippen LogP contribution is 2.36. The minimum Gasteiger partial charge on any atom is -0.863 e. The van der Waals surface area contributed by atoms with Crippen molar-refractivity contribution in [3.63, 3.8) is 0 Å². The van der Waals surface area contributed by atoms with Crippen molar-refractivity contribution in [1.82, 2.24) is 9.55 Å². The summed E-state index contributed by atoms with van der Waals surface area (Å²) in [6, 6.07) is 2.14. The van der Waals surface area contributed by atoms with Crippen LogP contribution in [0.2, 0.25) is 0 Å². The molecule has 0 radical (unpaired) electrons. The molecule has 1 aliphatic rings. The van der Waals surface area contributed by atoms with Crippen molar-refractivity contribution in [3.8, 4) is 5.75 Å². The Kier molecular flexibility index (Phi) is 7.51. The molecule has 18 nitrogen and oxygen atoms in total. The van der Waals surface area contributed by atoms with Crippen molar-refractivity contribution in [3.05, 3.63) is 65.2 Å². The van der Waals surface area contributed by atoms with Crippen LogP contribution in [0.25, 0.3) is 0 Å². The van der Waals surface area contributed by atoms with Gasteiger partial charge in [-0.25, -0.2) is 4.79 Å². The molecule has 0 bridgehead atoms. The van der Waals surface area contributed by atoms with Gasteiger partial charge < -0.3 is 30.9 Å². The van der Waals surface area contributed by atoms with E-state index in [1.165, 1.54) is 12.3 Å². The number of hydrogen-bond acceptors (Lipinski definition) is 14. The molecule has 0 amide bonds. The number of nitrogens with zero attached hydrogens (tertiary/aromatic N) is 5. The normalized spacial score (nSPS) is 21.7. The van der Waals surface area contributed by atoms with E-state index in [4.69, 9.17) is 15.6 Å². The highest BCUT2D eigenvalue weighted by molar-refractivity contribution is 5.64. The molecule has 18 heteroatoms. The topological polar surface area (TPSA) is 283 Å². The van der Waals surface area contributed by atoms with Gasteiger partial charge in [0, 0.05) is 6.20 Å². The fourth-order valence-electron chi connectivity index (χ4n) is 2.69. The fraction of sp³-hybridized carbons (Fsp3) is 0.333. The Labute approximate surface area is 181 Å². The lowest BCUT2D eigenvalue weighted by Crippen LogP contribution is -2.36. The number of nitrogens with two attached hydrogens (primary N) is 1. The quantitative estimate of drug-likeness (QED) is 0.269. The predicted octanol–water partition coefficient (Wildman–Crippen LogP) is -2.08. The highest BCUT2D eigenvalue weighted by atomic mass is 16.6. The Hall–Kier alpha value is -4.26. The Morgan fingerprint density at radius 1 is 1.06 bits per heavy atom. The third kappa shape index (κ3) is 5.33. The van der Waals surface area contributed by atoms with Gasteiger partial charge in [0.05, 0.1) is 39.3 Å². The Morgan fingerprint density at radius 3 is 2.00 bits per heavy atom.